The van der Waals surface area contributed by atoms with Crippen molar-refractivity contribution in [3.8, 4) is 0 Å². The fourth-order valence-electron chi connectivity index (χ4n) is 2.88. The van der Waals surface area contributed by atoms with Gasteiger partial charge >= 0.3 is 0 Å². The second kappa shape index (κ2) is 6.27. The van der Waals surface area contributed by atoms with Gasteiger partial charge in [0.05, 0.1) is 25.0 Å². The van der Waals surface area contributed by atoms with Gasteiger partial charge in [-0.05, 0) is 17.7 Å². The average Bonchev–Trinajstić information content (AvgIpc) is 3.14. The van der Waals surface area contributed by atoms with Gasteiger partial charge in [-0.25, -0.2) is 9.50 Å². The number of nitrogens with zero attached hydrogens (tertiary/aromatic N) is 4. The Morgan fingerprint density at radius 1 is 1.24 bits per heavy atom. The Hall–Kier alpha value is -1.63. The van der Waals surface area contributed by atoms with Crippen LogP contribution < -0.4 is 4.90 Å². The van der Waals surface area contributed by atoms with Crippen molar-refractivity contribution in [2.45, 2.75) is 32.3 Å². The highest BCUT2D eigenvalue weighted by atomic mass is 35.5. The molecule has 7 heteroatoms. The molecule has 1 atom stereocenters. The first-order chi connectivity index (χ1) is 11.9. The molecule has 0 radical (unpaired) electrons. The van der Waals surface area contributed by atoms with E-state index >= 15 is 0 Å². The zero-order chi connectivity index (χ0) is 17.6. The summed E-state index contributed by atoms with van der Waals surface area (Å²) in [7, 11) is 0. The normalized spacial score (nSPS) is 18.9. The van der Waals surface area contributed by atoms with Crippen LogP contribution in [0.1, 0.15) is 38.1 Å². The second-order valence-electron chi connectivity index (χ2n) is 7.34. The first kappa shape index (κ1) is 16.8. The van der Waals surface area contributed by atoms with Crippen molar-refractivity contribution in [2.24, 2.45) is 0 Å². The fraction of sp³-hybridized carbons (Fsp3) is 0.444. The van der Waals surface area contributed by atoms with Gasteiger partial charge in [-0.2, -0.15) is 0 Å². The topological polar surface area (TPSA) is 42.7 Å². The molecule has 3 aromatic rings. The number of morpholine rings is 1. The van der Waals surface area contributed by atoms with Gasteiger partial charge in [-0.1, -0.05) is 55.8 Å². The van der Waals surface area contributed by atoms with E-state index in [1.165, 1.54) is 0 Å². The smallest absolute Gasteiger partial charge is 0.214 e. The maximum absolute atomic E-state index is 5.98. The summed E-state index contributed by atoms with van der Waals surface area (Å²) in [5.74, 6) is 0. The van der Waals surface area contributed by atoms with E-state index in [1.807, 2.05) is 35.0 Å². The minimum atomic E-state index is 0.0340. The van der Waals surface area contributed by atoms with Gasteiger partial charge in [-0.3, -0.25) is 0 Å². The van der Waals surface area contributed by atoms with E-state index in [9.17, 15) is 0 Å². The molecule has 1 aliphatic rings. The molecule has 1 fully saturated rings. The molecular weight excluding hydrogens is 356 g/mol. The molecule has 1 aliphatic heterocycles. The molecule has 0 N–H and O–H groups in total. The maximum atomic E-state index is 5.98. The van der Waals surface area contributed by atoms with E-state index in [4.69, 9.17) is 26.4 Å². The van der Waals surface area contributed by atoms with Crippen molar-refractivity contribution >= 4 is 33.0 Å². The number of hydrogen-bond donors (Lipinski definition) is 0. The molecule has 132 valence electrons. The van der Waals surface area contributed by atoms with Crippen LogP contribution in [0.4, 0.5) is 5.13 Å². The van der Waals surface area contributed by atoms with Crippen LogP contribution in [0.25, 0.3) is 4.96 Å². The lowest BCUT2D eigenvalue weighted by Crippen LogP contribution is -2.38. The number of anilines is 1. The second-order valence-corrected chi connectivity index (χ2v) is 8.72. The fourth-order valence-corrected chi connectivity index (χ4v) is 3.92. The molecule has 0 saturated carbocycles. The minimum absolute atomic E-state index is 0.0340. The lowest BCUT2D eigenvalue weighted by atomic mass is 9.93. The Morgan fingerprint density at radius 2 is 2.00 bits per heavy atom. The average molecular weight is 377 g/mol. The lowest BCUT2D eigenvalue weighted by molar-refractivity contribution is 0.0397. The first-order valence-electron chi connectivity index (χ1n) is 8.39. The number of ether oxygens (including phenoxy) is 1. The van der Waals surface area contributed by atoms with Crippen LogP contribution in [-0.2, 0) is 10.2 Å². The van der Waals surface area contributed by atoms with Gasteiger partial charge < -0.3 is 9.64 Å². The zero-order valence-electron chi connectivity index (χ0n) is 14.6. The molecule has 3 heterocycles. The molecule has 5 nitrogen and oxygen atoms in total. The Morgan fingerprint density at radius 3 is 2.68 bits per heavy atom. The number of rotatable bonds is 2. The number of aromatic nitrogens is 3. The van der Waals surface area contributed by atoms with Crippen molar-refractivity contribution in [3.63, 3.8) is 0 Å². The lowest BCUT2D eigenvalue weighted by Gasteiger charge is -2.32. The van der Waals surface area contributed by atoms with Crippen molar-refractivity contribution in [2.75, 3.05) is 24.6 Å². The summed E-state index contributed by atoms with van der Waals surface area (Å²) < 4.78 is 7.84. The summed E-state index contributed by atoms with van der Waals surface area (Å²) >= 11 is 7.61. The predicted octanol–water partition coefficient (Wildman–Crippen LogP) is 4.32. The van der Waals surface area contributed by atoms with Crippen LogP contribution in [0, 0.1) is 0 Å². The maximum Gasteiger partial charge on any atom is 0.214 e. The molecule has 4 rings (SSSR count). The highest BCUT2D eigenvalue weighted by Gasteiger charge is 2.26. The van der Waals surface area contributed by atoms with Crippen LogP contribution in [0.15, 0.2) is 30.5 Å². The predicted molar refractivity (Wildman–Crippen MR) is 102 cm³/mol. The van der Waals surface area contributed by atoms with Crippen LogP contribution in [0.5, 0.6) is 0 Å². The molecule has 0 bridgehead atoms. The molecular formula is C18H21ClN4OS. The zero-order valence-corrected chi connectivity index (χ0v) is 16.1. The first-order valence-corrected chi connectivity index (χ1v) is 9.58. The summed E-state index contributed by atoms with van der Waals surface area (Å²) in [6, 6.07) is 7.87. The number of halogens is 1. The van der Waals surface area contributed by atoms with E-state index < -0.39 is 0 Å². The Bertz CT molecular complexity index is 849. The number of imidazole rings is 1. The third-order valence-electron chi connectivity index (χ3n) is 4.38. The van der Waals surface area contributed by atoms with Crippen molar-refractivity contribution < 1.29 is 4.74 Å². The quantitative estimate of drug-likeness (QED) is 0.668. The third-order valence-corrected chi connectivity index (χ3v) is 5.62. The third kappa shape index (κ3) is 3.38. The van der Waals surface area contributed by atoms with E-state index in [0.717, 1.165) is 39.5 Å². The van der Waals surface area contributed by atoms with E-state index in [0.29, 0.717) is 6.61 Å². The standard InChI is InChI=1S/C18H21ClN4OS/c1-18(2,3)15-11-23-16(20-15)25-17(21-23)22-8-9-24-14(10-22)12-4-6-13(19)7-5-12/h4-7,11,14H,8-10H2,1-3H3. The molecule has 1 unspecified atom stereocenters. The summed E-state index contributed by atoms with van der Waals surface area (Å²) in [6.45, 7) is 8.80. The monoisotopic (exact) mass is 376 g/mol. The van der Waals surface area contributed by atoms with Crippen molar-refractivity contribution in [3.05, 3.63) is 46.7 Å². The van der Waals surface area contributed by atoms with Crippen molar-refractivity contribution in [1.82, 2.24) is 14.6 Å². The van der Waals surface area contributed by atoms with Crippen molar-refractivity contribution in [1.29, 1.82) is 0 Å². The van der Waals surface area contributed by atoms with E-state index in [1.54, 1.807) is 11.3 Å². The molecule has 0 amide bonds. The molecule has 1 saturated heterocycles. The van der Waals surface area contributed by atoms with Crippen LogP contribution >= 0.6 is 22.9 Å². The minimum Gasteiger partial charge on any atom is -0.370 e. The van der Waals surface area contributed by atoms with Gasteiger partial charge in [-0.15, -0.1) is 5.10 Å². The van der Waals surface area contributed by atoms with Gasteiger partial charge in [0.15, 0.2) is 0 Å². The van der Waals surface area contributed by atoms with Crippen LogP contribution in [0.3, 0.4) is 0 Å². The Labute approximate surface area is 156 Å². The molecule has 2 aromatic heterocycles. The molecule has 1 aromatic carbocycles. The molecule has 0 spiro atoms. The number of hydrogen-bond acceptors (Lipinski definition) is 5. The summed E-state index contributed by atoms with van der Waals surface area (Å²) in [6.07, 6.45) is 2.07. The summed E-state index contributed by atoms with van der Waals surface area (Å²) in [5, 5.41) is 6.47. The van der Waals surface area contributed by atoms with E-state index in [-0.39, 0.29) is 11.5 Å². The molecule has 0 aliphatic carbocycles. The SMILES string of the molecule is CC(C)(C)c1cn2nc(N3CCOC(c4ccc(Cl)cc4)C3)sc2n1. The highest BCUT2D eigenvalue weighted by molar-refractivity contribution is 7.20. The van der Waals surface area contributed by atoms with Gasteiger partial charge in [0.25, 0.3) is 0 Å². The van der Waals surface area contributed by atoms with Crippen LogP contribution in [-0.4, -0.2) is 34.3 Å². The largest absolute Gasteiger partial charge is 0.370 e. The Kier molecular flexibility index (Phi) is 4.22. The summed E-state index contributed by atoms with van der Waals surface area (Å²) in [5.41, 5.74) is 2.25. The summed E-state index contributed by atoms with van der Waals surface area (Å²) in [4.78, 5) is 7.95. The number of benzene rings is 1. The number of fused-ring (bicyclic) bond motifs is 1. The highest BCUT2D eigenvalue weighted by Crippen LogP contribution is 2.31. The molecule has 25 heavy (non-hydrogen) atoms. The van der Waals surface area contributed by atoms with E-state index in [2.05, 4.69) is 25.7 Å². The van der Waals surface area contributed by atoms with Gasteiger partial charge in [0.2, 0.25) is 10.1 Å². The van der Waals surface area contributed by atoms with Gasteiger partial charge in [0, 0.05) is 17.0 Å². The Balaban J connectivity index is 1.55. The van der Waals surface area contributed by atoms with Gasteiger partial charge in [0.1, 0.15) is 6.10 Å². The van der Waals surface area contributed by atoms with Crippen LogP contribution in [0.2, 0.25) is 5.02 Å².